The smallest absolute Gasteiger partial charge is 0.238 e. The second-order valence-corrected chi connectivity index (χ2v) is 4.77. The van der Waals surface area contributed by atoms with Gasteiger partial charge in [0.05, 0.1) is 18.8 Å². The standard InChI is InChI=1S/C16H26N2O3/c1-3-4-12-21-15-9-6-5-8-14(15)18-16(19)13-17-10-7-11-20-2/h5-6,8-9,17H,3-4,7,10-13H2,1-2H3,(H,18,19). The number of nitrogens with one attached hydrogen (secondary N) is 2. The zero-order valence-corrected chi connectivity index (χ0v) is 13.0. The summed E-state index contributed by atoms with van der Waals surface area (Å²) in [6, 6.07) is 7.51. The summed E-state index contributed by atoms with van der Waals surface area (Å²) in [5, 5.41) is 5.95. The van der Waals surface area contributed by atoms with Crippen LogP contribution in [0, 0.1) is 0 Å². The molecule has 0 saturated carbocycles. The van der Waals surface area contributed by atoms with E-state index in [-0.39, 0.29) is 12.5 Å². The lowest BCUT2D eigenvalue weighted by Crippen LogP contribution is -2.29. The van der Waals surface area contributed by atoms with E-state index in [0.29, 0.717) is 13.2 Å². The molecule has 2 N–H and O–H groups in total. The third-order valence-corrected chi connectivity index (χ3v) is 2.90. The Balaban J connectivity index is 2.37. The number of benzene rings is 1. The molecule has 0 radical (unpaired) electrons. The van der Waals surface area contributed by atoms with Gasteiger partial charge in [-0.1, -0.05) is 25.5 Å². The van der Waals surface area contributed by atoms with Crippen LogP contribution in [0.15, 0.2) is 24.3 Å². The molecule has 1 amide bonds. The highest BCUT2D eigenvalue weighted by atomic mass is 16.5. The minimum Gasteiger partial charge on any atom is -0.491 e. The van der Waals surface area contributed by atoms with Crippen LogP contribution >= 0.6 is 0 Å². The number of rotatable bonds is 11. The van der Waals surface area contributed by atoms with Crippen LogP contribution < -0.4 is 15.4 Å². The number of carbonyl (C=O) groups is 1. The van der Waals surface area contributed by atoms with Gasteiger partial charge in [0.2, 0.25) is 5.91 Å². The van der Waals surface area contributed by atoms with Gasteiger partial charge in [-0.2, -0.15) is 0 Å². The van der Waals surface area contributed by atoms with Crippen molar-refractivity contribution >= 4 is 11.6 Å². The van der Waals surface area contributed by atoms with Gasteiger partial charge in [0.1, 0.15) is 5.75 Å². The average Bonchev–Trinajstić information content (AvgIpc) is 2.49. The summed E-state index contributed by atoms with van der Waals surface area (Å²) >= 11 is 0. The average molecular weight is 294 g/mol. The van der Waals surface area contributed by atoms with E-state index in [1.54, 1.807) is 7.11 Å². The quantitative estimate of drug-likeness (QED) is 0.615. The Labute approximate surface area is 127 Å². The van der Waals surface area contributed by atoms with E-state index < -0.39 is 0 Å². The molecule has 0 fully saturated rings. The predicted molar refractivity (Wildman–Crippen MR) is 84.8 cm³/mol. The molecule has 0 bridgehead atoms. The number of para-hydroxylation sites is 2. The summed E-state index contributed by atoms with van der Waals surface area (Å²) in [7, 11) is 1.67. The summed E-state index contributed by atoms with van der Waals surface area (Å²) in [6.45, 7) is 4.52. The number of carbonyl (C=O) groups excluding carboxylic acids is 1. The van der Waals surface area contributed by atoms with Gasteiger partial charge < -0.3 is 20.1 Å². The van der Waals surface area contributed by atoms with Gasteiger partial charge in [0, 0.05) is 13.7 Å². The first-order valence-electron chi connectivity index (χ1n) is 7.49. The third-order valence-electron chi connectivity index (χ3n) is 2.90. The van der Waals surface area contributed by atoms with Crippen molar-refractivity contribution in [3.05, 3.63) is 24.3 Å². The summed E-state index contributed by atoms with van der Waals surface area (Å²) < 4.78 is 10.6. The number of unbranched alkanes of at least 4 members (excludes halogenated alkanes) is 1. The highest BCUT2D eigenvalue weighted by molar-refractivity contribution is 5.93. The molecule has 0 heterocycles. The Morgan fingerprint density at radius 3 is 2.76 bits per heavy atom. The van der Waals surface area contributed by atoms with E-state index in [4.69, 9.17) is 9.47 Å². The second kappa shape index (κ2) is 11.1. The molecule has 0 atom stereocenters. The zero-order chi connectivity index (χ0) is 15.3. The third kappa shape index (κ3) is 7.68. The van der Waals surface area contributed by atoms with E-state index in [9.17, 15) is 4.79 Å². The van der Waals surface area contributed by atoms with Crippen LogP contribution in [0.4, 0.5) is 5.69 Å². The molecular formula is C16H26N2O3. The molecule has 0 aromatic heterocycles. The van der Waals surface area contributed by atoms with E-state index in [0.717, 1.165) is 37.2 Å². The van der Waals surface area contributed by atoms with Crippen molar-refractivity contribution in [1.82, 2.24) is 5.32 Å². The fourth-order valence-electron chi connectivity index (χ4n) is 1.76. The topological polar surface area (TPSA) is 59.6 Å². The van der Waals surface area contributed by atoms with E-state index in [1.165, 1.54) is 0 Å². The fourth-order valence-corrected chi connectivity index (χ4v) is 1.76. The van der Waals surface area contributed by atoms with Gasteiger partial charge >= 0.3 is 0 Å². The molecule has 5 nitrogen and oxygen atoms in total. The molecule has 0 saturated heterocycles. The summed E-state index contributed by atoms with van der Waals surface area (Å²) in [4.78, 5) is 11.9. The SMILES string of the molecule is CCCCOc1ccccc1NC(=O)CNCCCOC. The van der Waals surface area contributed by atoms with Crippen LogP contribution in [0.5, 0.6) is 5.75 Å². The molecule has 5 heteroatoms. The minimum atomic E-state index is -0.0704. The lowest BCUT2D eigenvalue weighted by Gasteiger charge is -2.12. The molecule has 118 valence electrons. The summed E-state index contributed by atoms with van der Waals surface area (Å²) in [5.74, 6) is 0.651. The predicted octanol–water partition coefficient (Wildman–Crippen LogP) is 2.43. The van der Waals surface area contributed by atoms with Gasteiger partial charge in [0.25, 0.3) is 0 Å². The van der Waals surface area contributed by atoms with Gasteiger partial charge in [-0.25, -0.2) is 0 Å². The Bertz CT molecular complexity index is 410. The van der Waals surface area contributed by atoms with E-state index in [1.807, 2.05) is 24.3 Å². The Kier molecular flexibility index (Phi) is 9.24. The van der Waals surface area contributed by atoms with Crippen molar-refractivity contribution < 1.29 is 14.3 Å². The van der Waals surface area contributed by atoms with Crippen LogP contribution in [0.2, 0.25) is 0 Å². The first kappa shape index (κ1) is 17.5. The molecule has 1 rings (SSSR count). The molecule has 1 aromatic rings. The highest BCUT2D eigenvalue weighted by Gasteiger charge is 2.07. The summed E-state index contributed by atoms with van der Waals surface area (Å²) in [6.07, 6.45) is 2.98. The van der Waals surface area contributed by atoms with Crippen LogP contribution in [0.25, 0.3) is 0 Å². The fraction of sp³-hybridized carbons (Fsp3) is 0.562. The molecule has 0 aliphatic heterocycles. The Hall–Kier alpha value is -1.59. The number of amides is 1. The maximum absolute atomic E-state index is 11.9. The summed E-state index contributed by atoms with van der Waals surface area (Å²) in [5.41, 5.74) is 0.720. The van der Waals surface area contributed by atoms with Crippen molar-refractivity contribution in [3.8, 4) is 5.75 Å². The van der Waals surface area contributed by atoms with Gasteiger partial charge in [-0.05, 0) is 31.5 Å². The molecule has 21 heavy (non-hydrogen) atoms. The lowest BCUT2D eigenvalue weighted by atomic mass is 10.3. The van der Waals surface area contributed by atoms with Gasteiger partial charge in [0.15, 0.2) is 0 Å². The van der Waals surface area contributed by atoms with Crippen molar-refractivity contribution in [2.45, 2.75) is 26.2 Å². The molecular weight excluding hydrogens is 268 g/mol. The van der Waals surface area contributed by atoms with Crippen LogP contribution in [-0.2, 0) is 9.53 Å². The monoisotopic (exact) mass is 294 g/mol. The largest absolute Gasteiger partial charge is 0.491 e. The first-order valence-corrected chi connectivity index (χ1v) is 7.49. The van der Waals surface area contributed by atoms with Crippen LogP contribution in [0.3, 0.4) is 0 Å². The van der Waals surface area contributed by atoms with Crippen molar-refractivity contribution in [3.63, 3.8) is 0 Å². The van der Waals surface area contributed by atoms with E-state index >= 15 is 0 Å². The second-order valence-electron chi connectivity index (χ2n) is 4.77. The van der Waals surface area contributed by atoms with Crippen molar-refractivity contribution in [2.75, 3.05) is 38.7 Å². The highest BCUT2D eigenvalue weighted by Crippen LogP contribution is 2.23. The van der Waals surface area contributed by atoms with Crippen molar-refractivity contribution in [1.29, 1.82) is 0 Å². The van der Waals surface area contributed by atoms with Crippen LogP contribution in [0.1, 0.15) is 26.2 Å². The van der Waals surface area contributed by atoms with Gasteiger partial charge in [-0.3, -0.25) is 4.79 Å². The Morgan fingerprint density at radius 1 is 1.19 bits per heavy atom. The number of anilines is 1. The molecule has 1 aromatic carbocycles. The maximum Gasteiger partial charge on any atom is 0.238 e. The maximum atomic E-state index is 11.9. The Morgan fingerprint density at radius 2 is 2.00 bits per heavy atom. The number of hydrogen-bond donors (Lipinski definition) is 2. The molecule has 0 aliphatic carbocycles. The molecule has 0 spiro atoms. The van der Waals surface area contributed by atoms with Gasteiger partial charge in [-0.15, -0.1) is 0 Å². The van der Waals surface area contributed by atoms with Crippen molar-refractivity contribution in [2.24, 2.45) is 0 Å². The number of hydrogen-bond acceptors (Lipinski definition) is 4. The first-order chi connectivity index (χ1) is 10.3. The minimum absolute atomic E-state index is 0.0704. The normalized spacial score (nSPS) is 10.4. The lowest BCUT2D eigenvalue weighted by molar-refractivity contribution is -0.115. The molecule has 0 unspecified atom stereocenters. The van der Waals surface area contributed by atoms with Crippen LogP contribution in [-0.4, -0.2) is 39.3 Å². The molecule has 0 aliphatic rings. The number of ether oxygens (including phenoxy) is 2. The van der Waals surface area contributed by atoms with E-state index in [2.05, 4.69) is 17.6 Å². The zero-order valence-electron chi connectivity index (χ0n) is 13.0. The number of methoxy groups -OCH3 is 1.